The Balaban J connectivity index is 1.57. The zero-order valence-electron chi connectivity index (χ0n) is 18.0. The standard InChI is InChI=1S/C24H24N2O5S/c1-3-30-24(28)17-6-4-16(5-7-17)13-26-20-12-18(8-9-21(20)31-14-23(26)27)19-15-32-22(25-19)10-11-29-2/h4-9,12,15H,3,10-11,13-14H2,1-2H3. The SMILES string of the molecule is CCOC(=O)c1ccc(CN2C(=O)COc3ccc(-c4csc(CCOC)n4)cc32)cc1. The molecule has 0 radical (unpaired) electrons. The molecule has 32 heavy (non-hydrogen) atoms. The van der Waals surface area contributed by atoms with Crippen LogP contribution in [0.25, 0.3) is 11.3 Å². The van der Waals surface area contributed by atoms with Gasteiger partial charge in [0.2, 0.25) is 0 Å². The van der Waals surface area contributed by atoms with Crippen LogP contribution in [0.5, 0.6) is 5.75 Å². The molecule has 2 heterocycles. The molecule has 1 amide bonds. The Hall–Kier alpha value is -3.23. The van der Waals surface area contributed by atoms with Crippen molar-refractivity contribution in [1.82, 2.24) is 4.98 Å². The Morgan fingerprint density at radius 3 is 2.78 bits per heavy atom. The van der Waals surface area contributed by atoms with Gasteiger partial charge in [-0.15, -0.1) is 11.3 Å². The summed E-state index contributed by atoms with van der Waals surface area (Å²) < 4.78 is 15.8. The molecule has 1 aromatic heterocycles. The summed E-state index contributed by atoms with van der Waals surface area (Å²) in [5.74, 6) is 0.180. The predicted molar refractivity (Wildman–Crippen MR) is 122 cm³/mol. The Kier molecular flexibility index (Phi) is 6.82. The van der Waals surface area contributed by atoms with Crippen molar-refractivity contribution in [2.45, 2.75) is 19.9 Å². The van der Waals surface area contributed by atoms with E-state index >= 15 is 0 Å². The van der Waals surface area contributed by atoms with Crippen molar-refractivity contribution in [3.8, 4) is 17.0 Å². The summed E-state index contributed by atoms with van der Waals surface area (Å²) >= 11 is 1.59. The lowest BCUT2D eigenvalue weighted by molar-refractivity contribution is -0.121. The zero-order valence-corrected chi connectivity index (χ0v) is 18.8. The van der Waals surface area contributed by atoms with Crippen LogP contribution in [0.3, 0.4) is 0 Å². The number of anilines is 1. The van der Waals surface area contributed by atoms with Crippen molar-refractivity contribution in [3.63, 3.8) is 0 Å². The second-order valence-corrected chi connectivity index (χ2v) is 8.18. The van der Waals surface area contributed by atoms with E-state index in [1.807, 2.05) is 35.7 Å². The van der Waals surface area contributed by atoms with Crippen molar-refractivity contribution in [1.29, 1.82) is 0 Å². The van der Waals surface area contributed by atoms with Crippen LogP contribution in [-0.4, -0.2) is 43.8 Å². The lowest BCUT2D eigenvalue weighted by Gasteiger charge is -2.30. The Labute approximate surface area is 190 Å². The van der Waals surface area contributed by atoms with Gasteiger partial charge in [-0.25, -0.2) is 9.78 Å². The van der Waals surface area contributed by atoms with Crippen molar-refractivity contribution in [2.24, 2.45) is 0 Å². The second-order valence-electron chi connectivity index (χ2n) is 7.24. The number of esters is 1. The molecule has 0 saturated heterocycles. The highest BCUT2D eigenvalue weighted by Gasteiger charge is 2.26. The number of hydrogen-bond donors (Lipinski definition) is 0. The van der Waals surface area contributed by atoms with E-state index in [1.54, 1.807) is 42.4 Å². The summed E-state index contributed by atoms with van der Waals surface area (Å²) in [5, 5.41) is 3.02. The largest absolute Gasteiger partial charge is 0.482 e. The highest BCUT2D eigenvalue weighted by molar-refractivity contribution is 7.09. The average Bonchev–Trinajstić information content (AvgIpc) is 3.29. The van der Waals surface area contributed by atoms with Gasteiger partial charge in [-0.1, -0.05) is 12.1 Å². The number of ether oxygens (including phenoxy) is 3. The first-order chi connectivity index (χ1) is 15.6. The van der Waals surface area contributed by atoms with Gasteiger partial charge in [0.15, 0.2) is 6.61 Å². The highest BCUT2D eigenvalue weighted by Crippen LogP contribution is 2.37. The molecule has 0 fully saturated rings. The van der Waals surface area contributed by atoms with Crippen LogP contribution in [0.1, 0.15) is 27.9 Å². The first-order valence-corrected chi connectivity index (χ1v) is 11.2. The van der Waals surface area contributed by atoms with Gasteiger partial charge in [0, 0.05) is 24.5 Å². The van der Waals surface area contributed by atoms with Crippen molar-refractivity contribution in [3.05, 3.63) is 64.0 Å². The molecule has 0 spiro atoms. The third-order valence-electron chi connectivity index (χ3n) is 5.08. The quantitative estimate of drug-likeness (QED) is 0.479. The molecule has 7 nitrogen and oxygen atoms in total. The normalized spacial score (nSPS) is 12.9. The van der Waals surface area contributed by atoms with Crippen molar-refractivity contribution >= 4 is 28.9 Å². The minimum Gasteiger partial charge on any atom is -0.482 e. The lowest BCUT2D eigenvalue weighted by Crippen LogP contribution is -2.38. The highest BCUT2D eigenvalue weighted by atomic mass is 32.1. The maximum absolute atomic E-state index is 12.7. The molecule has 8 heteroatoms. The molecule has 0 aliphatic carbocycles. The molecular weight excluding hydrogens is 428 g/mol. The number of carbonyl (C=O) groups is 2. The van der Waals surface area contributed by atoms with Crippen LogP contribution in [0, 0.1) is 0 Å². The second kappa shape index (κ2) is 9.93. The summed E-state index contributed by atoms with van der Waals surface area (Å²) in [4.78, 5) is 31.0. The van der Waals surface area contributed by atoms with E-state index in [0.717, 1.165) is 28.2 Å². The summed E-state index contributed by atoms with van der Waals surface area (Å²) in [6, 6.07) is 12.9. The molecule has 0 bridgehead atoms. The van der Waals surface area contributed by atoms with Gasteiger partial charge >= 0.3 is 5.97 Å². The fraction of sp³-hybridized carbons (Fsp3) is 0.292. The van der Waals surface area contributed by atoms with E-state index in [9.17, 15) is 9.59 Å². The first-order valence-electron chi connectivity index (χ1n) is 10.4. The molecule has 4 rings (SSSR count). The van der Waals surface area contributed by atoms with E-state index in [2.05, 4.69) is 4.98 Å². The molecule has 0 atom stereocenters. The summed E-state index contributed by atoms with van der Waals surface area (Å²) in [5.41, 5.74) is 3.88. The van der Waals surface area contributed by atoms with Gasteiger partial charge in [-0.05, 0) is 42.8 Å². The molecule has 3 aromatic rings. The number of methoxy groups -OCH3 is 1. The number of thiazole rings is 1. The van der Waals surface area contributed by atoms with E-state index < -0.39 is 0 Å². The van der Waals surface area contributed by atoms with E-state index in [1.165, 1.54) is 0 Å². The van der Waals surface area contributed by atoms with E-state index in [-0.39, 0.29) is 18.5 Å². The number of rotatable bonds is 8. The van der Waals surface area contributed by atoms with Crippen LogP contribution in [0.4, 0.5) is 5.69 Å². The number of aromatic nitrogens is 1. The van der Waals surface area contributed by atoms with Gasteiger partial charge < -0.3 is 19.1 Å². The van der Waals surface area contributed by atoms with E-state index in [0.29, 0.717) is 36.8 Å². The fourth-order valence-corrected chi connectivity index (χ4v) is 4.21. The number of fused-ring (bicyclic) bond motifs is 1. The Morgan fingerprint density at radius 1 is 1.22 bits per heavy atom. The summed E-state index contributed by atoms with van der Waals surface area (Å²) in [7, 11) is 1.67. The minimum atomic E-state index is -0.357. The summed E-state index contributed by atoms with van der Waals surface area (Å²) in [6.07, 6.45) is 0.765. The zero-order chi connectivity index (χ0) is 22.5. The average molecular weight is 453 g/mol. The predicted octanol–water partition coefficient (Wildman–Crippen LogP) is 4.10. The van der Waals surface area contributed by atoms with Crippen LogP contribution in [0.15, 0.2) is 47.8 Å². The topological polar surface area (TPSA) is 78.0 Å². The van der Waals surface area contributed by atoms with Crippen LogP contribution >= 0.6 is 11.3 Å². The third kappa shape index (κ3) is 4.81. The Morgan fingerprint density at radius 2 is 2.03 bits per heavy atom. The summed E-state index contributed by atoms with van der Waals surface area (Å²) in [6.45, 7) is 3.09. The third-order valence-corrected chi connectivity index (χ3v) is 5.98. The van der Waals surface area contributed by atoms with Crippen LogP contribution in [0.2, 0.25) is 0 Å². The maximum Gasteiger partial charge on any atom is 0.338 e. The molecule has 0 saturated carbocycles. The fourth-order valence-electron chi connectivity index (χ4n) is 3.43. The number of benzene rings is 2. The maximum atomic E-state index is 12.7. The number of hydrogen-bond acceptors (Lipinski definition) is 7. The molecule has 1 aliphatic rings. The number of amides is 1. The molecule has 0 unspecified atom stereocenters. The van der Waals surface area contributed by atoms with Crippen molar-refractivity contribution in [2.75, 3.05) is 31.8 Å². The molecule has 2 aromatic carbocycles. The monoisotopic (exact) mass is 452 g/mol. The van der Waals surface area contributed by atoms with Gasteiger partial charge in [-0.3, -0.25) is 4.79 Å². The molecular formula is C24H24N2O5S. The van der Waals surface area contributed by atoms with E-state index in [4.69, 9.17) is 14.2 Å². The molecule has 166 valence electrons. The van der Waals surface area contributed by atoms with Crippen molar-refractivity contribution < 1.29 is 23.8 Å². The van der Waals surface area contributed by atoms with Crippen LogP contribution in [-0.2, 0) is 27.2 Å². The van der Waals surface area contributed by atoms with Gasteiger partial charge in [-0.2, -0.15) is 0 Å². The smallest absolute Gasteiger partial charge is 0.338 e. The van der Waals surface area contributed by atoms with Gasteiger partial charge in [0.05, 0.1) is 41.7 Å². The van der Waals surface area contributed by atoms with Gasteiger partial charge in [0.25, 0.3) is 5.91 Å². The van der Waals surface area contributed by atoms with Gasteiger partial charge in [0.1, 0.15) is 5.75 Å². The molecule has 0 N–H and O–H groups in total. The molecule has 1 aliphatic heterocycles. The number of carbonyl (C=O) groups excluding carboxylic acids is 2. The van der Waals surface area contributed by atoms with Crippen LogP contribution < -0.4 is 9.64 Å². The minimum absolute atomic E-state index is 0.00881. The first kappa shape index (κ1) is 22.0. The number of nitrogens with zero attached hydrogens (tertiary/aromatic N) is 2. The Bertz CT molecular complexity index is 1110. The lowest BCUT2D eigenvalue weighted by atomic mass is 10.1.